The Morgan fingerprint density at radius 1 is 1.59 bits per heavy atom. The zero-order valence-electron chi connectivity index (χ0n) is 10.7. The summed E-state index contributed by atoms with van der Waals surface area (Å²) in [7, 11) is 0. The summed E-state index contributed by atoms with van der Waals surface area (Å²) in [6.07, 6.45) is 4.09. The van der Waals surface area contributed by atoms with Gasteiger partial charge in [0.25, 0.3) is 0 Å². The van der Waals surface area contributed by atoms with Crippen molar-refractivity contribution >= 4 is 0 Å². The summed E-state index contributed by atoms with van der Waals surface area (Å²) < 4.78 is 7.51. The molecule has 96 valence electrons. The first-order valence-electron chi connectivity index (χ1n) is 6.56. The first-order chi connectivity index (χ1) is 8.36. The van der Waals surface area contributed by atoms with Crippen LogP contribution >= 0.6 is 0 Å². The van der Waals surface area contributed by atoms with Gasteiger partial charge in [-0.3, -0.25) is 0 Å². The molecule has 5 nitrogen and oxygen atoms in total. The highest BCUT2D eigenvalue weighted by Crippen LogP contribution is 2.28. The Morgan fingerprint density at radius 2 is 2.47 bits per heavy atom. The number of ether oxygens (including phenoxy) is 1. The van der Waals surface area contributed by atoms with Crippen LogP contribution < -0.4 is 5.32 Å². The molecule has 0 bridgehead atoms. The van der Waals surface area contributed by atoms with Crippen molar-refractivity contribution in [3.8, 4) is 0 Å². The van der Waals surface area contributed by atoms with Crippen LogP contribution in [0, 0.1) is 5.92 Å². The lowest BCUT2D eigenvalue weighted by atomic mass is 9.96. The Bertz CT molecular complexity index is 333. The molecule has 1 saturated heterocycles. The predicted molar refractivity (Wildman–Crippen MR) is 65.7 cm³/mol. The van der Waals surface area contributed by atoms with E-state index in [-0.39, 0.29) is 0 Å². The van der Waals surface area contributed by atoms with E-state index in [0.29, 0.717) is 12.0 Å². The van der Waals surface area contributed by atoms with Gasteiger partial charge in [-0.05, 0) is 19.4 Å². The maximum atomic E-state index is 5.49. The van der Waals surface area contributed by atoms with Crippen LogP contribution in [-0.2, 0) is 11.3 Å². The summed E-state index contributed by atoms with van der Waals surface area (Å²) in [4.78, 5) is 0. The van der Waals surface area contributed by atoms with E-state index in [4.69, 9.17) is 4.74 Å². The van der Waals surface area contributed by atoms with Crippen molar-refractivity contribution in [3.05, 3.63) is 11.9 Å². The van der Waals surface area contributed by atoms with Crippen LogP contribution in [0.15, 0.2) is 6.20 Å². The van der Waals surface area contributed by atoms with Crippen molar-refractivity contribution in [1.29, 1.82) is 0 Å². The van der Waals surface area contributed by atoms with Gasteiger partial charge in [0.15, 0.2) is 0 Å². The van der Waals surface area contributed by atoms with Crippen molar-refractivity contribution < 1.29 is 4.74 Å². The molecule has 0 spiro atoms. The van der Waals surface area contributed by atoms with Crippen LogP contribution in [0.5, 0.6) is 0 Å². The highest BCUT2D eigenvalue weighted by Gasteiger charge is 2.28. The third-order valence-corrected chi connectivity index (χ3v) is 3.26. The van der Waals surface area contributed by atoms with Gasteiger partial charge >= 0.3 is 0 Å². The van der Waals surface area contributed by atoms with E-state index in [2.05, 4.69) is 29.5 Å². The first-order valence-corrected chi connectivity index (χ1v) is 6.56. The Morgan fingerprint density at radius 3 is 3.12 bits per heavy atom. The Balaban J connectivity index is 2.15. The van der Waals surface area contributed by atoms with Crippen LogP contribution in [0.25, 0.3) is 0 Å². The Hall–Kier alpha value is -0.940. The lowest BCUT2D eigenvalue weighted by Crippen LogP contribution is -2.30. The zero-order chi connectivity index (χ0) is 12.1. The normalized spacial score (nSPS) is 21.9. The van der Waals surface area contributed by atoms with E-state index >= 15 is 0 Å². The predicted octanol–water partition coefficient (Wildman–Crippen LogP) is 1.38. The Labute approximate surface area is 103 Å². The van der Waals surface area contributed by atoms with Crippen molar-refractivity contribution in [1.82, 2.24) is 20.3 Å². The molecule has 0 saturated carbocycles. The van der Waals surface area contributed by atoms with Gasteiger partial charge in [-0.15, -0.1) is 5.10 Å². The molecule has 1 fully saturated rings. The summed E-state index contributed by atoms with van der Waals surface area (Å²) >= 11 is 0. The zero-order valence-corrected chi connectivity index (χ0v) is 10.7. The molecule has 0 radical (unpaired) electrons. The van der Waals surface area contributed by atoms with E-state index < -0.39 is 0 Å². The molecule has 5 heteroatoms. The Kier molecular flexibility index (Phi) is 4.50. The monoisotopic (exact) mass is 238 g/mol. The lowest BCUT2D eigenvalue weighted by Gasteiger charge is -2.23. The van der Waals surface area contributed by atoms with Crippen LogP contribution in [-0.4, -0.2) is 34.8 Å². The number of aryl methyl sites for hydroxylation is 1. The average molecular weight is 238 g/mol. The van der Waals surface area contributed by atoms with Crippen LogP contribution in [0.3, 0.4) is 0 Å². The van der Waals surface area contributed by atoms with Gasteiger partial charge < -0.3 is 10.1 Å². The van der Waals surface area contributed by atoms with Crippen molar-refractivity contribution in [2.24, 2.45) is 5.92 Å². The van der Waals surface area contributed by atoms with Crippen LogP contribution in [0.4, 0.5) is 0 Å². The number of nitrogens with one attached hydrogen (secondary N) is 1. The fraction of sp³-hybridized carbons (Fsp3) is 0.833. The quantitative estimate of drug-likeness (QED) is 0.813. The second-order valence-corrected chi connectivity index (χ2v) is 4.54. The van der Waals surface area contributed by atoms with Crippen molar-refractivity contribution in [3.63, 3.8) is 0 Å². The lowest BCUT2D eigenvalue weighted by molar-refractivity contribution is 0.175. The van der Waals surface area contributed by atoms with Gasteiger partial charge in [-0.2, -0.15) is 0 Å². The maximum absolute atomic E-state index is 5.49. The third-order valence-electron chi connectivity index (χ3n) is 3.26. The summed E-state index contributed by atoms with van der Waals surface area (Å²) in [6.45, 7) is 7.91. The molecule has 2 unspecified atom stereocenters. The molecule has 1 N–H and O–H groups in total. The van der Waals surface area contributed by atoms with E-state index in [0.717, 1.165) is 39.1 Å². The molecule has 17 heavy (non-hydrogen) atoms. The maximum Gasteiger partial charge on any atom is 0.0760 e. The molecular formula is C12H22N4O. The van der Waals surface area contributed by atoms with E-state index in [1.54, 1.807) is 0 Å². The second-order valence-electron chi connectivity index (χ2n) is 4.54. The standard InChI is InChI=1S/C12H22N4O/c1-3-6-16-11(8-14-15-16)12(13-4-2)10-5-7-17-9-10/h8,10,12-13H,3-7,9H2,1-2H3. The molecule has 0 aliphatic carbocycles. The number of hydrogen-bond acceptors (Lipinski definition) is 4. The fourth-order valence-electron chi connectivity index (χ4n) is 2.44. The van der Waals surface area contributed by atoms with Gasteiger partial charge in [0.2, 0.25) is 0 Å². The minimum absolute atomic E-state index is 0.323. The SMILES string of the molecule is CCCn1nncc1C(NCC)C1CCOC1. The molecule has 0 aromatic carbocycles. The van der Waals surface area contributed by atoms with Crippen LogP contribution in [0.2, 0.25) is 0 Å². The molecule has 1 aliphatic heterocycles. The molecule has 1 aromatic heterocycles. The summed E-state index contributed by atoms with van der Waals surface area (Å²) in [5.74, 6) is 0.545. The van der Waals surface area contributed by atoms with Gasteiger partial charge in [0, 0.05) is 19.1 Å². The molecule has 1 aliphatic rings. The number of aromatic nitrogens is 3. The second kappa shape index (κ2) is 6.12. The van der Waals surface area contributed by atoms with E-state index in [9.17, 15) is 0 Å². The summed E-state index contributed by atoms with van der Waals surface area (Å²) in [5.41, 5.74) is 1.20. The highest BCUT2D eigenvalue weighted by atomic mass is 16.5. The molecule has 0 amide bonds. The number of rotatable bonds is 6. The third kappa shape index (κ3) is 2.84. The van der Waals surface area contributed by atoms with Crippen molar-refractivity contribution in [2.75, 3.05) is 19.8 Å². The van der Waals surface area contributed by atoms with Gasteiger partial charge in [-0.25, -0.2) is 4.68 Å². The van der Waals surface area contributed by atoms with Crippen molar-refractivity contribution in [2.45, 2.75) is 39.3 Å². The number of nitrogens with zero attached hydrogens (tertiary/aromatic N) is 3. The average Bonchev–Trinajstić information content (AvgIpc) is 2.97. The summed E-state index contributed by atoms with van der Waals surface area (Å²) in [5, 5.41) is 11.8. The minimum atomic E-state index is 0.323. The largest absolute Gasteiger partial charge is 0.381 e. The summed E-state index contributed by atoms with van der Waals surface area (Å²) in [6, 6.07) is 0.323. The molecule has 2 rings (SSSR count). The van der Waals surface area contributed by atoms with E-state index in [1.807, 2.05) is 10.9 Å². The fourth-order valence-corrected chi connectivity index (χ4v) is 2.44. The van der Waals surface area contributed by atoms with Gasteiger partial charge in [-0.1, -0.05) is 19.1 Å². The van der Waals surface area contributed by atoms with Gasteiger partial charge in [0.05, 0.1) is 24.5 Å². The topological polar surface area (TPSA) is 52.0 Å². The van der Waals surface area contributed by atoms with E-state index in [1.165, 1.54) is 5.69 Å². The molecule has 1 aromatic rings. The van der Waals surface area contributed by atoms with Crippen LogP contribution in [0.1, 0.15) is 38.4 Å². The smallest absolute Gasteiger partial charge is 0.0760 e. The van der Waals surface area contributed by atoms with Gasteiger partial charge in [0.1, 0.15) is 0 Å². The molecule has 2 atom stereocenters. The molecular weight excluding hydrogens is 216 g/mol. The first kappa shape index (κ1) is 12.5. The highest BCUT2D eigenvalue weighted by molar-refractivity contribution is 5.05. The minimum Gasteiger partial charge on any atom is -0.381 e. The number of hydrogen-bond donors (Lipinski definition) is 1. The molecule has 2 heterocycles.